The number of nitrogens with zero attached hydrogens (tertiary/aromatic N) is 3. The second kappa shape index (κ2) is 4.71. The molecule has 0 fully saturated rings. The second-order valence-corrected chi connectivity index (χ2v) is 2.44. The molecule has 0 aliphatic heterocycles. The molecule has 1 aromatic heterocycles. The third-order valence-corrected chi connectivity index (χ3v) is 1.28. The summed E-state index contributed by atoms with van der Waals surface area (Å²) in [6.45, 7) is 1.32. The Bertz CT molecular complexity index is 419. The predicted molar refractivity (Wildman–Crippen MR) is 46.3 cm³/mol. The lowest BCUT2D eigenvalue weighted by Gasteiger charge is -1.98. The van der Waals surface area contributed by atoms with E-state index in [9.17, 15) is 9.59 Å². The van der Waals surface area contributed by atoms with E-state index in [1.165, 1.54) is 0 Å². The lowest BCUT2D eigenvalue weighted by Crippen LogP contribution is -2.35. The molecule has 0 unspecified atom stereocenters. The van der Waals surface area contributed by atoms with E-state index in [0.717, 1.165) is 0 Å². The standard InChI is InChI=1S/C7H7N5O3/c1-4-10-7(15-12-4)11-6(14)5(13)9-3-2-8/h3H2,1H3,(H,9,13)(H,10,11,12,14). The largest absolute Gasteiger partial charge is 0.335 e. The van der Waals surface area contributed by atoms with Gasteiger partial charge in [0.25, 0.3) is 0 Å². The van der Waals surface area contributed by atoms with Crippen LogP contribution in [0.25, 0.3) is 0 Å². The SMILES string of the molecule is Cc1noc(NC(=O)C(=O)NCC#N)n1. The van der Waals surface area contributed by atoms with Crippen LogP contribution in [0.4, 0.5) is 6.01 Å². The summed E-state index contributed by atoms with van der Waals surface area (Å²) in [7, 11) is 0. The molecular formula is C7H7N5O3. The van der Waals surface area contributed by atoms with Crippen molar-refractivity contribution in [2.75, 3.05) is 11.9 Å². The molecule has 8 nitrogen and oxygen atoms in total. The highest BCUT2D eigenvalue weighted by Crippen LogP contribution is 2.00. The first-order chi connectivity index (χ1) is 7.13. The lowest BCUT2D eigenvalue weighted by molar-refractivity contribution is -0.136. The van der Waals surface area contributed by atoms with Gasteiger partial charge in [-0.3, -0.25) is 14.9 Å². The van der Waals surface area contributed by atoms with Crippen molar-refractivity contribution in [1.82, 2.24) is 15.5 Å². The lowest BCUT2D eigenvalue weighted by atomic mass is 10.5. The number of anilines is 1. The average molecular weight is 209 g/mol. The highest BCUT2D eigenvalue weighted by Gasteiger charge is 2.15. The van der Waals surface area contributed by atoms with Gasteiger partial charge >= 0.3 is 17.8 Å². The summed E-state index contributed by atoms with van der Waals surface area (Å²) in [6, 6.07) is 1.50. The summed E-state index contributed by atoms with van der Waals surface area (Å²) in [5, 5.41) is 15.7. The fourth-order valence-electron chi connectivity index (χ4n) is 0.702. The number of hydrogen-bond donors (Lipinski definition) is 2. The van der Waals surface area contributed by atoms with Gasteiger partial charge < -0.3 is 9.84 Å². The van der Waals surface area contributed by atoms with Crippen LogP contribution < -0.4 is 10.6 Å². The van der Waals surface area contributed by atoms with Crippen molar-refractivity contribution in [3.63, 3.8) is 0 Å². The number of aryl methyl sites for hydroxylation is 1. The van der Waals surface area contributed by atoms with E-state index >= 15 is 0 Å². The van der Waals surface area contributed by atoms with Gasteiger partial charge in [-0.05, 0) is 6.92 Å². The van der Waals surface area contributed by atoms with Crippen LogP contribution in [-0.2, 0) is 9.59 Å². The smallest absolute Gasteiger partial charge is 0.328 e. The molecule has 2 amide bonds. The van der Waals surface area contributed by atoms with Crippen LogP contribution >= 0.6 is 0 Å². The van der Waals surface area contributed by atoms with E-state index in [1.807, 2.05) is 0 Å². The van der Waals surface area contributed by atoms with Crippen molar-refractivity contribution >= 4 is 17.8 Å². The summed E-state index contributed by atoms with van der Waals surface area (Å²) in [5.41, 5.74) is 0. The van der Waals surface area contributed by atoms with E-state index in [4.69, 9.17) is 5.26 Å². The Morgan fingerprint density at radius 3 is 2.80 bits per heavy atom. The minimum absolute atomic E-state index is 0.162. The minimum atomic E-state index is -0.964. The van der Waals surface area contributed by atoms with Gasteiger partial charge in [-0.15, -0.1) is 0 Å². The molecule has 1 rings (SSSR count). The van der Waals surface area contributed by atoms with Crippen LogP contribution in [0.2, 0.25) is 0 Å². The first-order valence-corrected chi connectivity index (χ1v) is 3.90. The van der Waals surface area contributed by atoms with Gasteiger partial charge in [-0.1, -0.05) is 5.16 Å². The van der Waals surface area contributed by atoms with Crippen molar-refractivity contribution in [3.8, 4) is 6.07 Å². The second-order valence-electron chi connectivity index (χ2n) is 2.44. The molecule has 1 heterocycles. The van der Waals surface area contributed by atoms with Gasteiger partial charge in [0.15, 0.2) is 5.82 Å². The molecule has 2 N–H and O–H groups in total. The molecule has 0 saturated carbocycles. The molecule has 78 valence electrons. The van der Waals surface area contributed by atoms with E-state index < -0.39 is 11.8 Å². The van der Waals surface area contributed by atoms with E-state index in [-0.39, 0.29) is 12.6 Å². The molecule has 0 atom stereocenters. The number of carbonyl (C=O) groups is 2. The number of rotatable bonds is 2. The third-order valence-electron chi connectivity index (χ3n) is 1.28. The molecule has 0 spiro atoms. The number of amides is 2. The number of carbonyl (C=O) groups excluding carboxylic acids is 2. The molecule has 0 saturated heterocycles. The van der Waals surface area contributed by atoms with Crippen molar-refractivity contribution in [2.45, 2.75) is 6.92 Å². The Morgan fingerprint density at radius 1 is 1.53 bits per heavy atom. The third kappa shape index (κ3) is 3.07. The van der Waals surface area contributed by atoms with E-state index in [0.29, 0.717) is 5.82 Å². The molecule has 0 aliphatic rings. The number of nitrogens with one attached hydrogen (secondary N) is 2. The summed E-state index contributed by atoms with van der Waals surface area (Å²) in [6.07, 6.45) is 0. The Labute approximate surface area is 84.3 Å². The molecule has 0 radical (unpaired) electrons. The Hall–Kier alpha value is -2.43. The number of aromatic nitrogens is 2. The maximum Gasteiger partial charge on any atom is 0.328 e. The fourth-order valence-corrected chi connectivity index (χ4v) is 0.702. The Morgan fingerprint density at radius 2 is 2.27 bits per heavy atom. The van der Waals surface area contributed by atoms with Crippen molar-refractivity contribution < 1.29 is 14.1 Å². The topological polar surface area (TPSA) is 121 Å². The minimum Gasteiger partial charge on any atom is -0.335 e. The predicted octanol–water partition coefficient (Wildman–Crippen LogP) is -1.04. The van der Waals surface area contributed by atoms with Gasteiger partial charge in [0.1, 0.15) is 6.54 Å². The van der Waals surface area contributed by atoms with Gasteiger partial charge in [0.05, 0.1) is 6.07 Å². The number of nitriles is 1. The van der Waals surface area contributed by atoms with Gasteiger partial charge in [-0.2, -0.15) is 10.2 Å². The maximum absolute atomic E-state index is 11.1. The molecule has 0 bridgehead atoms. The van der Waals surface area contributed by atoms with Crippen LogP contribution in [0.5, 0.6) is 0 Å². The molecule has 15 heavy (non-hydrogen) atoms. The van der Waals surface area contributed by atoms with E-state index in [1.54, 1.807) is 13.0 Å². The average Bonchev–Trinajstić information content (AvgIpc) is 2.60. The molecule has 1 aromatic rings. The quantitative estimate of drug-likeness (QED) is 0.473. The van der Waals surface area contributed by atoms with Crippen LogP contribution in [0.15, 0.2) is 4.52 Å². The first kappa shape index (κ1) is 10.6. The number of hydrogen-bond acceptors (Lipinski definition) is 6. The highest BCUT2D eigenvalue weighted by molar-refractivity contribution is 6.39. The van der Waals surface area contributed by atoms with Crippen molar-refractivity contribution in [3.05, 3.63) is 5.82 Å². The first-order valence-electron chi connectivity index (χ1n) is 3.90. The summed E-state index contributed by atoms with van der Waals surface area (Å²) in [4.78, 5) is 25.7. The normalized spacial score (nSPS) is 9.07. The zero-order chi connectivity index (χ0) is 11.3. The summed E-state index contributed by atoms with van der Waals surface area (Å²) >= 11 is 0. The molecule has 0 aliphatic carbocycles. The van der Waals surface area contributed by atoms with Crippen molar-refractivity contribution in [2.24, 2.45) is 0 Å². The summed E-state index contributed by atoms with van der Waals surface area (Å²) in [5.74, 6) is -1.57. The van der Waals surface area contributed by atoms with Crippen LogP contribution in [0.1, 0.15) is 5.82 Å². The molecule has 8 heteroatoms. The monoisotopic (exact) mass is 209 g/mol. The molecule has 0 aromatic carbocycles. The van der Waals surface area contributed by atoms with Gasteiger partial charge in [0, 0.05) is 0 Å². The zero-order valence-corrected chi connectivity index (χ0v) is 7.77. The van der Waals surface area contributed by atoms with Crippen molar-refractivity contribution in [1.29, 1.82) is 5.26 Å². The van der Waals surface area contributed by atoms with Crippen LogP contribution in [0.3, 0.4) is 0 Å². The van der Waals surface area contributed by atoms with E-state index in [2.05, 4.69) is 25.3 Å². The fraction of sp³-hybridized carbons (Fsp3) is 0.286. The van der Waals surface area contributed by atoms with Crippen LogP contribution in [-0.4, -0.2) is 28.5 Å². The van der Waals surface area contributed by atoms with Gasteiger partial charge in [-0.25, -0.2) is 0 Å². The molecular weight excluding hydrogens is 202 g/mol. The highest BCUT2D eigenvalue weighted by atomic mass is 16.5. The Balaban J connectivity index is 2.49. The Kier molecular flexibility index (Phi) is 3.34. The zero-order valence-electron chi connectivity index (χ0n) is 7.77. The van der Waals surface area contributed by atoms with Gasteiger partial charge in [0.2, 0.25) is 0 Å². The summed E-state index contributed by atoms with van der Waals surface area (Å²) < 4.78 is 4.55. The van der Waals surface area contributed by atoms with Crippen LogP contribution in [0, 0.1) is 18.3 Å². The maximum atomic E-state index is 11.1.